The first-order chi connectivity index (χ1) is 10.3. The van der Waals surface area contributed by atoms with Crippen LogP contribution in [0.4, 0.5) is 0 Å². The number of aryl methyl sites for hydroxylation is 2. The summed E-state index contributed by atoms with van der Waals surface area (Å²) in [5.74, 6) is 0. The van der Waals surface area contributed by atoms with Gasteiger partial charge < -0.3 is 4.98 Å². The molecule has 4 aromatic rings. The Kier molecular flexibility index (Phi) is 2.11. The van der Waals surface area contributed by atoms with E-state index in [-0.39, 0.29) is 0 Å². The number of rotatable bonds is 0. The lowest BCUT2D eigenvalue weighted by molar-refractivity contribution is 0.614. The Morgan fingerprint density at radius 1 is 1.10 bits per heavy atom. The van der Waals surface area contributed by atoms with Gasteiger partial charge in [0.1, 0.15) is 0 Å². The smallest absolute Gasteiger partial charge is 0.0945 e. The number of H-pyrrole nitrogens is 1. The molecule has 0 fully saturated rings. The van der Waals surface area contributed by atoms with Gasteiger partial charge in [-0.2, -0.15) is 5.10 Å². The molecule has 3 heterocycles. The fourth-order valence-corrected chi connectivity index (χ4v) is 3.58. The van der Waals surface area contributed by atoms with Crippen LogP contribution in [0, 0.1) is 0 Å². The van der Waals surface area contributed by atoms with Crippen molar-refractivity contribution in [2.24, 2.45) is 0 Å². The van der Waals surface area contributed by atoms with E-state index in [1.54, 1.807) is 0 Å². The number of halogens is 1. The van der Waals surface area contributed by atoms with Crippen LogP contribution in [0.3, 0.4) is 0 Å². The number of para-hydroxylation sites is 1. The SMILES string of the molecule is Clc1ccc2c3n(nc2c1)CCc1c-3[nH]c2ccccc12. The molecular weight excluding hydrogens is 282 g/mol. The lowest BCUT2D eigenvalue weighted by Gasteiger charge is -2.14. The molecule has 5 rings (SSSR count). The predicted molar refractivity (Wildman–Crippen MR) is 85.7 cm³/mol. The Labute approximate surface area is 126 Å². The van der Waals surface area contributed by atoms with E-state index in [0.29, 0.717) is 0 Å². The highest BCUT2D eigenvalue weighted by Crippen LogP contribution is 2.38. The van der Waals surface area contributed by atoms with Crippen LogP contribution in [0.5, 0.6) is 0 Å². The Hall–Kier alpha value is -2.26. The summed E-state index contributed by atoms with van der Waals surface area (Å²) >= 11 is 6.09. The molecule has 0 saturated heterocycles. The lowest BCUT2D eigenvalue weighted by atomic mass is 10.0. The highest BCUT2D eigenvalue weighted by molar-refractivity contribution is 6.31. The Bertz CT molecular complexity index is 1010. The fourth-order valence-electron chi connectivity index (χ4n) is 3.41. The van der Waals surface area contributed by atoms with Gasteiger partial charge in [0.05, 0.1) is 16.9 Å². The molecule has 4 heteroatoms. The highest BCUT2D eigenvalue weighted by atomic mass is 35.5. The van der Waals surface area contributed by atoms with Gasteiger partial charge in [0, 0.05) is 27.9 Å². The van der Waals surface area contributed by atoms with Gasteiger partial charge in [-0.1, -0.05) is 29.8 Å². The number of hydrogen-bond acceptors (Lipinski definition) is 1. The van der Waals surface area contributed by atoms with Crippen molar-refractivity contribution in [1.29, 1.82) is 0 Å². The van der Waals surface area contributed by atoms with E-state index >= 15 is 0 Å². The quantitative estimate of drug-likeness (QED) is 0.512. The minimum Gasteiger partial charge on any atom is -0.353 e. The molecule has 102 valence electrons. The Balaban J connectivity index is 1.91. The van der Waals surface area contributed by atoms with Crippen molar-refractivity contribution in [1.82, 2.24) is 14.8 Å². The first-order valence-corrected chi connectivity index (χ1v) is 7.45. The van der Waals surface area contributed by atoms with Crippen LogP contribution in [0.1, 0.15) is 5.56 Å². The van der Waals surface area contributed by atoms with Crippen LogP contribution >= 0.6 is 11.6 Å². The molecule has 0 spiro atoms. The fraction of sp³-hybridized carbons (Fsp3) is 0.118. The van der Waals surface area contributed by atoms with E-state index in [4.69, 9.17) is 16.7 Å². The number of aromatic nitrogens is 3. The number of nitrogens with zero attached hydrogens (tertiary/aromatic N) is 2. The molecule has 0 bridgehead atoms. The third-order valence-corrected chi connectivity index (χ3v) is 4.56. The summed E-state index contributed by atoms with van der Waals surface area (Å²) in [6.07, 6.45) is 1.01. The molecule has 2 aromatic carbocycles. The summed E-state index contributed by atoms with van der Waals surface area (Å²) in [5, 5.41) is 7.91. The molecule has 21 heavy (non-hydrogen) atoms. The van der Waals surface area contributed by atoms with Crippen LogP contribution in [0.2, 0.25) is 5.02 Å². The lowest BCUT2D eigenvalue weighted by Crippen LogP contribution is -2.11. The van der Waals surface area contributed by atoms with Gasteiger partial charge >= 0.3 is 0 Å². The Morgan fingerprint density at radius 2 is 2.00 bits per heavy atom. The minimum absolute atomic E-state index is 0.731. The van der Waals surface area contributed by atoms with Crippen LogP contribution in [0.25, 0.3) is 33.2 Å². The van der Waals surface area contributed by atoms with Gasteiger partial charge in [-0.05, 0) is 36.2 Å². The summed E-state index contributed by atoms with van der Waals surface area (Å²) in [5.41, 5.74) is 5.93. The largest absolute Gasteiger partial charge is 0.353 e. The van der Waals surface area contributed by atoms with E-state index in [0.717, 1.165) is 28.9 Å². The van der Waals surface area contributed by atoms with E-state index in [1.807, 2.05) is 12.1 Å². The molecule has 0 saturated carbocycles. The molecule has 0 aliphatic carbocycles. The van der Waals surface area contributed by atoms with Crippen molar-refractivity contribution in [3.8, 4) is 11.4 Å². The van der Waals surface area contributed by atoms with Crippen molar-refractivity contribution in [2.45, 2.75) is 13.0 Å². The molecule has 0 unspecified atom stereocenters. The molecule has 0 radical (unpaired) electrons. The van der Waals surface area contributed by atoms with Gasteiger partial charge in [-0.25, -0.2) is 0 Å². The third kappa shape index (κ3) is 1.47. The average molecular weight is 294 g/mol. The molecule has 2 aromatic heterocycles. The summed E-state index contributed by atoms with van der Waals surface area (Å²) in [6, 6.07) is 14.4. The average Bonchev–Trinajstić information content (AvgIpc) is 3.03. The van der Waals surface area contributed by atoms with Crippen molar-refractivity contribution in [3.05, 3.63) is 53.1 Å². The highest BCUT2D eigenvalue weighted by Gasteiger charge is 2.24. The first-order valence-electron chi connectivity index (χ1n) is 7.07. The number of fused-ring (bicyclic) bond motifs is 7. The second-order valence-corrected chi connectivity index (χ2v) is 5.94. The Morgan fingerprint density at radius 3 is 2.95 bits per heavy atom. The molecular formula is C17H12ClN3. The maximum absolute atomic E-state index is 6.09. The van der Waals surface area contributed by atoms with Gasteiger partial charge in [0.2, 0.25) is 0 Å². The van der Waals surface area contributed by atoms with Crippen molar-refractivity contribution in [3.63, 3.8) is 0 Å². The molecule has 1 aliphatic heterocycles. The van der Waals surface area contributed by atoms with E-state index in [2.05, 4.69) is 40.0 Å². The molecule has 1 N–H and O–H groups in total. The normalized spacial score (nSPS) is 13.6. The van der Waals surface area contributed by atoms with Crippen molar-refractivity contribution >= 4 is 33.4 Å². The first kappa shape index (κ1) is 11.4. The monoisotopic (exact) mass is 293 g/mol. The zero-order valence-electron chi connectivity index (χ0n) is 11.2. The maximum Gasteiger partial charge on any atom is 0.0945 e. The van der Waals surface area contributed by atoms with Crippen LogP contribution in [-0.2, 0) is 13.0 Å². The zero-order valence-corrected chi connectivity index (χ0v) is 12.0. The number of aromatic amines is 1. The predicted octanol–water partition coefficient (Wildman–Crippen LogP) is 4.39. The van der Waals surface area contributed by atoms with Gasteiger partial charge in [0.25, 0.3) is 0 Å². The molecule has 0 atom stereocenters. The van der Waals surface area contributed by atoms with Crippen molar-refractivity contribution in [2.75, 3.05) is 0 Å². The molecule has 0 amide bonds. The second-order valence-electron chi connectivity index (χ2n) is 5.51. The number of hydrogen-bond donors (Lipinski definition) is 1. The van der Waals surface area contributed by atoms with Crippen LogP contribution in [0.15, 0.2) is 42.5 Å². The summed E-state index contributed by atoms with van der Waals surface area (Å²) in [7, 11) is 0. The summed E-state index contributed by atoms with van der Waals surface area (Å²) in [6.45, 7) is 0.913. The zero-order chi connectivity index (χ0) is 14.0. The minimum atomic E-state index is 0.731. The van der Waals surface area contributed by atoms with E-state index in [9.17, 15) is 0 Å². The number of benzene rings is 2. The van der Waals surface area contributed by atoms with Gasteiger partial charge in [-0.15, -0.1) is 0 Å². The van der Waals surface area contributed by atoms with Crippen molar-refractivity contribution < 1.29 is 0 Å². The third-order valence-electron chi connectivity index (χ3n) is 4.33. The van der Waals surface area contributed by atoms with E-state index < -0.39 is 0 Å². The van der Waals surface area contributed by atoms with Gasteiger partial charge in [0.15, 0.2) is 0 Å². The standard InChI is InChI=1S/C17H12ClN3/c18-10-5-6-13-15(9-10)20-21-8-7-12-11-3-1-2-4-14(11)19-16(12)17(13)21/h1-6,9,19H,7-8H2. The molecule has 3 nitrogen and oxygen atoms in total. The molecule has 1 aliphatic rings. The second kappa shape index (κ2) is 3.89. The van der Waals surface area contributed by atoms with Gasteiger partial charge in [-0.3, -0.25) is 4.68 Å². The maximum atomic E-state index is 6.09. The van der Waals surface area contributed by atoms with Crippen LogP contribution < -0.4 is 0 Å². The summed E-state index contributed by atoms with van der Waals surface area (Å²) in [4.78, 5) is 3.57. The number of nitrogens with one attached hydrogen (secondary N) is 1. The van der Waals surface area contributed by atoms with Crippen LogP contribution in [-0.4, -0.2) is 14.8 Å². The van der Waals surface area contributed by atoms with E-state index in [1.165, 1.54) is 27.9 Å². The summed E-state index contributed by atoms with van der Waals surface area (Å²) < 4.78 is 2.10. The topological polar surface area (TPSA) is 33.6 Å².